The van der Waals surface area contributed by atoms with Crippen LogP contribution in [0.2, 0.25) is 0 Å². The first kappa shape index (κ1) is 23.0. The van der Waals surface area contributed by atoms with Gasteiger partial charge in [0, 0.05) is 11.4 Å². The van der Waals surface area contributed by atoms with Crippen molar-refractivity contribution in [2.24, 2.45) is 0 Å². The maximum Gasteiger partial charge on any atom is 0.342 e. The van der Waals surface area contributed by atoms with Crippen molar-refractivity contribution in [2.45, 2.75) is 24.7 Å². The Kier molecular flexibility index (Phi) is 6.53. The number of fused-ring (bicyclic) bond motifs is 1. The molecule has 0 saturated carbocycles. The Morgan fingerprint density at radius 3 is 2.61 bits per heavy atom. The number of para-hydroxylation sites is 1. The van der Waals surface area contributed by atoms with Crippen molar-refractivity contribution in [3.63, 3.8) is 0 Å². The molecule has 1 aliphatic rings. The molecule has 7 nitrogen and oxygen atoms in total. The maximum absolute atomic E-state index is 13.3. The summed E-state index contributed by atoms with van der Waals surface area (Å²) in [6.45, 7) is 1.87. The van der Waals surface area contributed by atoms with E-state index in [-0.39, 0.29) is 22.0 Å². The van der Waals surface area contributed by atoms with Crippen molar-refractivity contribution in [1.29, 1.82) is 0 Å². The molecule has 0 N–H and O–H groups in total. The van der Waals surface area contributed by atoms with Crippen molar-refractivity contribution < 1.29 is 27.5 Å². The van der Waals surface area contributed by atoms with Gasteiger partial charge in [0.15, 0.2) is 6.61 Å². The minimum absolute atomic E-state index is 0.0517. The first-order valence-corrected chi connectivity index (χ1v) is 12.7. The quantitative estimate of drug-likeness (QED) is 0.352. The van der Waals surface area contributed by atoms with Gasteiger partial charge in [-0.05, 0) is 54.8 Å². The number of ether oxygens (including phenoxy) is 2. The minimum atomic E-state index is -3.90. The summed E-state index contributed by atoms with van der Waals surface area (Å²) in [6, 6.07) is 15.0. The van der Waals surface area contributed by atoms with Gasteiger partial charge >= 0.3 is 5.97 Å². The van der Waals surface area contributed by atoms with Gasteiger partial charge in [-0.15, -0.1) is 11.3 Å². The molecule has 9 heteroatoms. The zero-order chi connectivity index (χ0) is 23.6. The van der Waals surface area contributed by atoms with Crippen LogP contribution in [0.3, 0.4) is 0 Å². The van der Waals surface area contributed by atoms with Gasteiger partial charge in [0.25, 0.3) is 10.0 Å². The van der Waals surface area contributed by atoms with E-state index in [1.807, 2.05) is 25.1 Å². The van der Waals surface area contributed by atoms with E-state index in [4.69, 9.17) is 9.47 Å². The predicted molar refractivity (Wildman–Crippen MR) is 126 cm³/mol. The molecule has 0 atom stereocenters. The fraction of sp³-hybridized carbons (Fsp3) is 0.250. The number of sulfonamides is 1. The molecular formula is C24H23NO6S2. The van der Waals surface area contributed by atoms with E-state index >= 15 is 0 Å². The molecule has 4 rings (SSSR count). The molecule has 0 saturated heterocycles. The molecule has 33 heavy (non-hydrogen) atoms. The van der Waals surface area contributed by atoms with Gasteiger partial charge in [0.1, 0.15) is 11.3 Å². The van der Waals surface area contributed by atoms with Crippen LogP contribution < -0.4 is 9.04 Å². The second-order valence-corrected chi connectivity index (χ2v) is 10.5. The number of ketones is 1. The molecule has 2 heterocycles. The van der Waals surface area contributed by atoms with Crippen molar-refractivity contribution in [1.82, 2.24) is 0 Å². The highest BCUT2D eigenvalue weighted by atomic mass is 32.2. The number of rotatable bonds is 8. The third-order valence-electron chi connectivity index (χ3n) is 5.44. The van der Waals surface area contributed by atoms with E-state index in [2.05, 4.69) is 0 Å². The van der Waals surface area contributed by atoms with Crippen LogP contribution in [0.15, 0.2) is 59.5 Å². The van der Waals surface area contributed by atoms with Crippen molar-refractivity contribution in [3.05, 3.63) is 75.5 Å². The minimum Gasteiger partial charge on any atom is -0.496 e. The maximum atomic E-state index is 13.3. The summed E-state index contributed by atoms with van der Waals surface area (Å²) < 4.78 is 38.4. The Morgan fingerprint density at radius 2 is 1.88 bits per heavy atom. The SMILES string of the molecule is CCc1ccc(C(=O)COC(=O)c2cc(S(=O)(=O)N3CCc4ccccc43)ccc2OC)s1. The summed E-state index contributed by atoms with van der Waals surface area (Å²) in [6.07, 6.45) is 1.43. The van der Waals surface area contributed by atoms with E-state index in [1.165, 1.54) is 41.0 Å². The number of aryl methyl sites for hydroxylation is 1. The summed E-state index contributed by atoms with van der Waals surface area (Å²) in [5, 5.41) is 0. The molecule has 1 aromatic heterocycles. The van der Waals surface area contributed by atoms with Crippen LogP contribution in [0.4, 0.5) is 5.69 Å². The van der Waals surface area contributed by atoms with Gasteiger partial charge in [0.2, 0.25) is 5.78 Å². The van der Waals surface area contributed by atoms with E-state index < -0.39 is 22.6 Å². The predicted octanol–water partition coefficient (Wildman–Crippen LogP) is 4.11. The molecule has 0 radical (unpaired) electrons. The molecule has 3 aromatic rings. The lowest BCUT2D eigenvalue weighted by Gasteiger charge is -2.20. The average Bonchev–Trinajstić information content (AvgIpc) is 3.49. The number of carbonyl (C=O) groups excluding carboxylic acids is 2. The van der Waals surface area contributed by atoms with Gasteiger partial charge in [0.05, 0.1) is 22.6 Å². The number of anilines is 1. The second kappa shape index (κ2) is 9.36. The Morgan fingerprint density at radius 1 is 1.09 bits per heavy atom. The molecule has 0 amide bonds. The number of esters is 1. The average molecular weight is 486 g/mol. The summed E-state index contributed by atoms with van der Waals surface area (Å²) in [5.74, 6) is -0.978. The number of benzene rings is 2. The third-order valence-corrected chi connectivity index (χ3v) is 8.52. The fourth-order valence-corrected chi connectivity index (χ4v) is 6.09. The van der Waals surface area contributed by atoms with E-state index in [0.29, 0.717) is 23.5 Å². The smallest absolute Gasteiger partial charge is 0.342 e. The first-order valence-electron chi connectivity index (χ1n) is 10.4. The van der Waals surface area contributed by atoms with Gasteiger partial charge in [-0.3, -0.25) is 9.10 Å². The molecule has 0 unspecified atom stereocenters. The first-order chi connectivity index (χ1) is 15.8. The number of nitrogens with zero attached hydrogens (tertiary/aromatic N) is 1. The Balaban J connectivity index is 1.56. The highest BCUT2D eigenvalue weighted by Gasteiger charge is 2.32. The number of Topliss-reactive ketones (excluding diaryl/α,β-unsaturated/α-hetero) is 1. The number of methoxy groups -OCH3 is 1. The van der Waals surface area contributed by atoms with Crippen LogP contribution in [0.25, 0.3) is 0 Å². The largest absolute Gasteiger partial charge is 0.496 e. The summed E-state index contributed by atoms with van der Waals surface area (Å²) in [4.78, 5) is 26.7. The van der Waals surface area contributed by atoms with Crippen LogP contribution >= 0.6 is 11.3 Å². The van der Waals surface area contributed by atoms with E-state index in [9.17, 15) is 18.0 Å². The van der Waals surface area contributed by atoms with Gasteiger partial charge in [-0.2, -0.15) is 0 Å². The van der Waals surface area contributed by atoms with Gasteiger partial charge < -0.3 is 9.47 Å². The topological polar surface area (TPSA) is 90.0 Å². The zero-order valence-corrected chi connectivity index (χ0v) is 19.9. The van der Waals surface area contributed by atoms with Crippen LogP contribution in [-0.2, 0) is 27.6 Å². The highest BCUT2D eigenvalue weighted by molar-refractivity contribution is 7.92. The van der Waals surface area contributed by atoms with Crippen LogP contribution in [0, 0.1) is 0 Å². The van der Waals surface area contributed by atoms with Crippen molar-refractivity contribution >= 4 is 38.8 Å². The molecule has 172 valence electrons. The molecule has 1 aliphatic heterocycles. The van der Waals surface area contributed by atoms with Crippen LogP contribution in [0.5, 0.6) is 5.75 Å². The number of carbonyl (C=O) groups is 2. The molecule has 0 fully saturated rings. The fourth-order valence-electron chi connectivity index (χ4n) is 3.69. The summed E-state index contributed by atoms with van der Waals surface area (Å²) in [7, 11) is -2.53. The molecular weight excluding hydrogens is 462 g/mol. The van der Waals surface area contributed by atoms with Crippen LogP contribution in [-0.4, -0.2) is 40.4 Å². The lowest BCUT2D eigenvalue weighted by Crippen LogP contribution is -2.29. The summed E-state index contributed by atoms with van der Waals surface area (Å²) in [5.41, 5.74) is 1.53. The molecule has 0 aliphatic carbocycles. The lowest BCUT2D eigenvalue weighted by molar-refractivity contribution is 0.0472. The number of thiophene rings is 1. The summed E-state index contributed by atoms with van der Waals surface area (Å²) >= 11 is 1.36. The highest BCUT2D eigenvalue weighted by Crippen LogP contribution is 2.34. The normalized spacial score (nSPS) is 13.0. The molecule has 0 bridgehead atoms. The van der Waals surface area contributed by atoms with Gasteiger partial charge in [-0.1, -0.05) is 25.1 Å². The van der Waals surface area contributed by atoms with Crippen molar-refractivity contribution in [2.75, 3.05) is 24.6 Å². The Bertz CT molecular complexity index is 1310. The number of hydrogen-bond acceptors (Lipinski definition) is 7. The Labute approximate surface area is 196 Å². The standard InChI is InChI=1S/C24H23NO6S2/c1-3-17-8-11-23(32-17)21(26)15-31-24(27)19-14-18(9-10-22(19)30-2)33(28,29)25-13-12-16-6-4-5-7-20(16)25/h4-11,14H,3,12-13,15H2,1-2H3. The lowest BCUT2D eigenvalue weighted by atomic mass is 10.2. The second-order valence-electron chi connectivity index (χ2n) is 7.44. The van der Waals surface area contributed by atoms with Gasteiger partial charge in [-0.25, -0.2) is 13.2 Å². The van der Waals surface area contributed by atoms with E-state index in [1.54, 1.807) is 18.2 Å². The molecule has 0 spiro atoms. The zero-order valence-electron chi connectivity index (χ0n) is 18.2. The van der Waals surface area contributed by atoms with Crippen LogP contribution in [0.1, 0.15) is 37.4 Å². The third kappa shape index (κ3) is 4.51. The van der Waals surface area contributed by atoms with E-state index in [0.717, 1.165) is 16.9 Å². The molecule has 2 aromatic carbocycles. The van der Waals surface area contributed by atoms with Crippen molar-refractivity contribution in [3.8, 4) is 5.75 Å². The Hall–Kier alpha value is -3.17. The number of hydrogen-bond donors (Lipinski definition) is 0. The monoisotopic (exact) mass is 485 g/mol.